The molecule has 5 nitrogen and oxygen atoms in total. The molecule has 0 saturated carbocycles. The lowest BCUT2D eigenvalue weighted by atomic mass is 10.1. The van der Waals surface area contributed by atoms with E-state index in [0.717, 1.165) is 16.9 Å². The third-order valence-electron chi connectivity index (χ3n) is 3.98. The van der Waals surface area contributed by atoms with E-state index in [2.05, 4.69) is 15.4 Å². The fourth-order valence-electron chi connectivity index (χ4n) is 2.79. The molecule has 1 aliphatic rings. The summed E-state index contributed by atoms with van der Waals surface area (Å²) in [7, 11) is 0. The van der Waals surface area contributed by atoms with E-state index in [4.69, 9.17) is 4.74 Å². The Balaban J connectivity index is 1.47. The normalized spacial score (nSPS) is 15.7. The van der Waals surface area contributed by atoms with Crippen molar-refractivity contribution in [2.24, 2.45) is 0 Å². The van der Waals surface area contributed by atoms with Crippen molar-refractivity contribution in [1.29, 1.82) is 0 Å². The molecule has 3 rings (SSSR count). The van der Waals surface area contributed by atoms with Gasteiger partial charge in [-0.1, -0.05) is 42.5 Å². The summed E-state index contributed by atoms with van der Waals surface area (Å²) in [5, 5.41) is 5.58. The van der Waals surface area contributed by atoms with Gasteiger partial charge in [-0.25, -0.2) is 4.79 Å². The maximum absolute atomic E-state index is 12.1. The molecule has 0 radical (unpaired) electrons. The third-order valence-corrected chi connectivity index (χ3v) is 3.98. The Kier molecular flexibility index (Phi) is 5.85. The number of amides is 2. The van der Waals surface area contributed by atoms with Crippen molar-refractivity contribution < 1.29 is 27.4 Å². The van der Waals surface area contributed by atoms with E-state index in [1.54, 1.807) is 24.3 Å². The molecule has 8 heteroatoms. The van der Waals surface area contributed by atoms with Gasteiger partial charge in [0.25, 0.3) is 0 Å². The zero-order valence-corrected chi connectivity index (χ0v) is 14.4. The Morgan fingerprint density at radius 1 is 1.15 bits per heavy atom. The van der Waals surface area contributed by atoms with Gasteiger partial charge in [-0.3, -0.25) is 0 Å². The number of fused-ring (bicyclic) bond motifs is 1. The van der Waals surface area contributed by atoms with Crippen LogP contribution in [0.15, 0.2) is 48.5 Å². The molecule has 1 atom stereocenters. The van der Waals surface area contributed by atoms with E-state index in [-0.39, 0.29) is 25.2 Å². The molecule has 2 amide bonds. The monoisotopic (exact) mass is 380 g/mol. The third kappa shape index (κ3) is 5.62. The number of nitrogens with one attached hydrogen (secondary N) is 2. The molecule has 2 aromatic rings. The standard InChI is InChI=1S/C19H19F3N2O3/c20-19(21,22)12-26-10-14-5-3-4-13(8-14)9-23-18(25)24-16-11-27-17-7-2-1-6-15(16)17/h1-8,16H,9-12H2,(H2,23,24,25). The fourth-order valence-corrected chi connectivity index (χ4v) is 2.79. The maximum atomic E-state index is 12.1. The molecule has 0 aromatic heterocycles. The van der Waals surface area contributed by atoms with Gasteiger partial charge in [0.15, 0.2) is 0 Å². The number of ether oxygens (including phenoxy) is 2. The van der Waals surface area contributed by atoms with E-state index in [9.17, 15) is 18.0 Å². The Hall–Kier alpha value is -2.74. The second kappa shape index (κ2) is 8.30. The predicted octanol–water partition coefficient (Wildman–Crippen LogP) is 3.70. The van der Waals surface area contributed by atoms with Gasteiger partial charge in [-0.2, -0.15) is 13.2 Å². The Bertz CT molecular complexity index is 796. The van der Waals surface area contributed by atoms with Crippen LogP contribution in [0.1, 0.15) is 22.7 Å². The molecule has 144 valence electrons. The summed E-state index contributed by atoms with van der Waals surface area (Å²) in [5.74, 6) is 0.759. The van der Waals surface area contributed by atoms with Crippen LogP contribution in [0.25, 0.3) is 0 Å². The molecule has 27 heavy (non-hydrogen) atoms. The topological polar surface area (TPSA) is 59.6 Å². The smallest absolute Gasteiger partial charge is 0.411 e. The van der Waals surface area contributed by atoms with E-state index in [1.165, 1.54) is 0 Å². The Morgan fingerprint density at radius 3 is 2.74 bits per heavy atom. The van der Waals surface area contributed by atoms with Crippen LogP contribution < -0.4 is 15.4 Å². The number of hydrogen-bond acceptors (Lipinski definition) is 3. The van der Waals surface area contributed by atoms with Crippen molar-refractivity contribution in [2.45, 2.75) is 25.4 Å². The zero-order valence-electron chi connectivity index (χ0n) is 14.4. The van der Waals surface area contributed by atoms with Crippen LogP contribution in [0.4, 0.5) is 18.0 Å². The minimum Gasteiger partial charge on any atom is -0.491 e. The first-order chi connectivity index (χ1) is 12.9. The highest BCUT2D eigenvalue weighted by molar-refractivity contribution is 5.74. The molecule has 0 spiro atoms. The number of halogens is 3. The number of benzene rings is 2. The molecule has 0 aliphatic carbocycles. The van der Waals surface area contributed by atoms with Gasteiger partial charge in [-0.05, 0) is 17.2 Å². The van der Waals surface area contributed by atoms with Gasteiger partial charge < -0.3 is 20.1 Å². The summed E-state index contributed by atoms with van der Waals surface area (Å²) in [6.07, 6.45) is -4.35. The van der Waals surface area contributed by atoms with Crippen LogP contribution >= 0.6 is 0 Å². The highest BCUT2D eigenvalue weighted by Gasteiger charge is 2.27. The SMILES string of the molecule is O=C(NCc1cccc(COCC(F)(F)F)c1)NC1COc2ccccc21. The Labute approximate surface area is 154 Å². The molecule has 1 heterocycles. The molecule has 0 saturated heterocycles. The van der Waals surface area contributed by atoms with Gasteiger partial charge in [0, 0.05) is 12.1 Å². The molecule has 0 fully saturated rings. The first kappa shape index (κ1) is 19.0. The number of urea groups is 1. The zero-order chi connectivity index (χ0) is 19.3. The number of hydrogen-bond donors (Lipinski definition) is 2. The predicted molar refractivity (Wildman–Crippen MR) is 92.2 cm³/mol. The maximum Gasteiger partial charge on any atom is 0.411 e. The summed E-state index contributed by atoms with van der Waals surface area (Å²) in [5.41, 5.74) is 2.30. The quantitative estimate of drug-likeness (QED) is 0.804. The van der Waals surface area contributed by atoms with E-state index in [1.807, 2.05) is 24.3 Å². The van der Waals surface area contributed by atoms with Gasteiger partial charge in [0.2, 0.25) is 0 Å². The van der Waals surface area contributed by atoms with Crippen LogP contribution in [-0.4, -0.2) is 25.4 Å². The van der Waals surface area contributed by atoms with Crippen molar-refractivity contribution >= 4 is 6.03 Å². The summed E-state index contributed by atoms with van der Waals surface area (Å²) < 4.78 is 46.5. The van der Waals surface area contributed by atoms with E-state index >= 15 is 0 Å². The van der Waals surface area contributed by atoms with Crippen LogP contribution in [0.3, 0.4) is 0 Å². The van der Waals surface area contributed by atoms with Crippen molar-refractivity contribution in [3.05, 3.63) is 65.2 Å². The average molecular weight is 380 g/mol. The Morgan fingerprint density at radius 2 is 1.93 bits per heavy atom. The number of alkyl halides is 3. The summed E-state index contributed by atoms with van der Waals surface area (Å²) in [6.45, 7) is -0.814. The molecule has 1 unspecified atom stereocenters. The molecule has 1 aliphatic heterocycles. The lowest BCUT2D eigenvalue weighted by molar-refractivity contribution is -0.176. The van der Waals surface area contributed by atoms with Crippen LogP contribution in [0, 0.1) is 0 Å². The molecular formula is C19H19F3N2O3. The molecule has 2 aromatic carbocycles. The molecule has 0 bridgehead atoms. The van der Waals surface area contributed by atoms with Crippen LogP contribution in [0.5, 0.6) is 5.75 Å². The van der Waals surface area contributed by atoms with Crippen LogP contribution in [0.2, 0.25) is 0 Å². The minimum absolute atomic E-state index is 0.143. The van der Waals surface area contributed by atoms with Gasteiger partial charge in [0.05, 0.1) is 12.6 Å². The van der Waals surface area contributed by atoms with Crippen molar-refractivity contribution in [1.82, 2.24) is 10.6 Å². The van der Waals surface area contributed by atoms with Gasteiger partial charge >= 0.3 is 12.2 Å². The first-order valence-corrected chi connectivity index (χ1v) is 8.39. The van der Waals surface area contributed by atoms with Crippen LogP contribution in [-0.2, 0) is 17.9 Å². The lowest BCUT2D eigenvalue weighted by Gasteiger charge is -2.13. The molecule has 2 N–H and O–H groups in total. The lowest BCUT2D eigenvalue weighted by Crippen LogP contribution is -2.38. The van der Waals surface area contributed by atoms with Crippen molar-refractivity contribution in [2.75, 3.05) is 13.2 Å². The second-order valence-electron chi connectivity index (χ2n) is 6.16. The van der Waals surface area contributed by atoms with Gasteiger partial charge in [0.1, 0.15) is 19.0 Å². The second-order valence-corrected chi connectivity index (χ2v) is 6.16. The van der Waals surface area contributed by atoms with Gasteiger partial charge in [-0.15, -0.1) is 0 Å². The molecular weight excluding hydrogens is 361 g/mol. The summed E-state index contributed by atoms with van der Waals surface area (Å²) >= 11 is 0. The minimum atomic E-state index is -4.35. The number of rotatable bonds is 6. The number of carbonyl (C=O) groups is 1. The van der Waals surface area contributed by atoms with Crippen molar-refractivity contribution in [3.8, 4) is 5.75 Å². The number of carbonyl (C=O) groups excluding carboxylic acids is 1. The average Bonchev–Trinajstić information content (AvgIpc) is 3.02. The highest BCUT2D eigenvalue weighted by Crippen LogP contribution is 2.31. The fraction of sp³-hybridized carbons (Fsp3) is 0.316. The van der Waals surface area contributed by atoms with E-state index < -0.39 is 12.8 Å². The largest absolute Gasteiger partial charge is 0.491 e. The summed E-state index contributed by atoms with van der Waals surface area (Å²) in [4.78, 5) is 12.1. The number of para-hydroxylation sites is 1. The first-order valence-electron chi connectivity index (χ1n) is 8.39. The van der Waals surface area contributed by atoms with Crippen molar-refractivity contribution in [3.63, 3.8) is 0 Å². The summed E-state index contributed by atoms with van der Waals surface area (Å²) in [6, 6.07) is 13.8. The highest BCUT2D eigenvalue weighted by atomic mass is 19.4. The van der Waals surface area contributed by atoms with E-state index in [0.29, 0.717) is 12.2 Å².